The molecule has 2 aromatic rings. The van der Waals surface area contributed by atoms with Gasteiger partial charge in [-0.15, -0.1) is 11.3 Å². The van der Waals surface area contributed by atoms with Gasteiger partial charge in [0.25, 0.3) is 0 Å². The van der Waals surface area contributed by atoms with Crippen LogP contribution in [0, 0.1) is 0 Å². The van der Waals surface area contributed by atoms with Gasteiger partial charge >= 0.3 is 0 Å². The predicted molar refractivity (Wildman–Crippen MR) is 66.3 cm³/mol. The van der Waals surface area contributed by atoms with Crippen LogP contribution in [0.3, 0.4) is 0 Å². The molecular formula is C11H8BrClS. The van der Waals surface area contributed by atoms with Gasteiger partial charge in [-0.3, -0.25) is 0 Å². The second-order valence-corrected chi connectivity index (χ2v) is 5.35. The normalized spacial score (nSPS) is 10.4. The summed E-state index contributed by atoms with van der Waals surface area (Å²) in [6.07, 6.45) is 0.913. The molecular weight excluding hydrogens is 280 g/mol. The Kier molecular flexibility index (Phi) is 3.26. The molecule has 14 heavy (non-hydrogen) atoms. The van der Waals surface area contributed by atoms with E-state index in [1.165, 1.54) is 10.4 Å². The highest BCUT2D eigenvalue weighted by atomic mass is 79.9. The molecule has 3 heteroatoms. The van der Waals surface area contributed by atoms with Gasteiger partial charge in [-0.1, -0.05) is 33.6 Å². The summed E-state index contributed by atoms with van der Waals surface area (Å²) in [5.41, 5.74) is 1.17. The Morgan fingerprint density at radius 3 is 2.86 bits per heavy atom. The van der Waals surface area contributed by atoms with Gasteiger partial charge in [-0.2, -0.15) is 0 Å². The number of hydrogen-bond donors (Lipinski definition) is 0. The molecule has 2 rings (SSSR count). The summed E-state index contributed by atoms with van der Waals surface area (Å²) < 4.78 is 1.08. The van der Waals surface area contributed by atoms with Crippen molar-refractivity contribution in [1.82, 2.24) is 0 Å². The van der Waals surface area contributed by atoms with E-state index < -0.39 is 0 Å². The molecule has 0 saturated heterocycles. The largest absolute Gasteiger partial charge is 0.149 e. The summed E-state index contributed by atoms with van der Waals surface area (Å²) in [6, 6.07) is 10.1. The van der Waals surface area contributed by atoms with Crippen LogP contribution in [-0.4, -0.2) is 0 Å². The Balaban J connectivity index is 2.28. The Labute approximate surface area is 101 Å². The van der Waals surface area contributed by atoms with Gasteiger partial charge in [0.1, 0.15) is 0 Å². The molecule has 0 saturated carbocycles. The second-order valence-electron chi connectivity index (χ2n) is 2.99. The third-order valence-corrected chi connectivity index (χ3v) is 3.69. The van der Waals surface area contributed by atoms with Gasteiger partial charge in [-0.25, -0.2) is 0 Å². The Morgan fingerprint density at radius 1 is 1.29 bits per heavy atom. The minimum atomic E-state index is 0.835. The minimum Gasteiger partial charge on any atom is -0.149 e. The molecule has 0 unspecified atom stereocenters. The maximum Gasteiger partial charge on any atom is 0.0442 e. The first-order valence-electron chi connectivity index (χ1n) is 4.22. The van der Waals surface area contributed by atoms with Crippen LogP contribution in [0.4, 0.5) is 0 Å². The molecule has 0 aliphatic carbocycles. The minimum absolute atomic E-state index is 0.835. The summed E-state index contributed by atoms with van der Waals surface area (Å²) in [6.45, 7) is 0. The van der Waals surface area contributed by atoms with Crippen molar-refractivity contribution in [3.63, 3.8) is 0 Å². The van der Waals surface area contributed by atoms with E-state index >= 15 is 0 Å². The zero-order valence-corrected chi connectivity index (χ0v) is 10.5. The lowest BCUT2D eigenvalue weighted by Crippen LogP contribution is -1.86. The van der Waals surface area contributed by atoms with Crippen LogP contribution >= 0.6 is 38.9 Å². The maximum atomic E-state index is 6.10. The van der Waals surface area contributed by atoms with E-state index in [-0.39, 0.29) is 0 Å². The molecule has 0 atom stereocenters. The third-order valence-electron chi connectivity index (χ3n) is 1.95. The zero-order chi connectivity index (χ0) is 9.97. The maximum absolute atomic E-state index is 6.10. The highest BCUT2D eigenvalue weighted by Gasteiger charge is 2.02. The SMILES string of the molecule is Clc1ccc(Br)cc1Cc1cccs1. The van der Waals surface area contributed by atoms with E-state index in [9.17, 15) is 0 Å². The lowest BCUT2D eigenvalue weighted by molar-refractivity contribution is 1.24. The summed E-state index contributed by atoms with van der Waals surface area (Å²) in [4.78, 5) is 1.34. The predicted octanol–water partition coefficient (Wildman–Crippen LogP) is 4.75. The van der Waals surface area contributed by atoms with Crippen LogP contribution in [0.25, 0.3) is 0 Å². The van der Waals surface area contributed by atoms with Crippen LogP contribution in [0.15, 0.2) is 40.2 Å². The molecule has 0 N–H and O–H groups in total. The molecule has 0 aliphatic rings. The van der Waals surface area contributed by atoms with Crippen molar-refractivity contribution in [2.75, 3.05) is 0 Å². The number of benzene rings is 1. The van der Waals surface area contributed by atoms with Crippen molar-refractivity contribution < 1.29 is 0 Å². The Hall–Kier alpha value is -0.310. The average molecular weight is 288 g/mol. The molecule has 0 fully saturated rings. The average Bonchev–Trinajstić information content (AvgIpc) is 2.64. The number of hydrogen-bond acceptors (Lipinski definition) is 1. The molecule has 0 nitrogen and oxygen atoms in total. The second kappa shape index (κ2) is 4.47. The van der Waals surface area contributed by atoms with Crippen molar-refractivity contribution in [2.45, 2.75) is 6.42 Å². The smallest absolute Gasteiger partial charge is 0.0442 e. The Morgan fingerprint density at radius 2 is 2.14 bits per heavy atom. The van der Waals surface area contributed by atoms with E-state index in [0.717, 1.165) is 15.9 Å². The lowest BCUT2D eigenvalue weighted by Gasteiger charge is -2.02. The summed E-state index contributed by atoms with van der Waals surface area (Å²) in [5, 5.41) is 2.92. The first-order chi connectivity index (χ1) is 6.75. The Bertz CT molecular complexity index is 423. The first-order valence-corrected chi connectivity index (χ1v) is 6.27. The molecule has 0 radical (unpaired) electrons. The van der Waals surface area contributed by atoms with Crippen LogP contribution in [-0.2, 0) is 6.42 Å². The monoisotopic (exact) mass is 286 g/mol. The van der Waals surface area contributed by atoms with E-state index in [1.54, 1.807) is 11.3 Å². The van der Waals surface area contributed by atoms with Gasteiger partial charge in [0, 0.05) is 20.8 Å². The highest BCUT2D eigenvalue weighted by Crippen LogP contribution is 2.24. The number of halogens is 2. The van der Waals surface area contributed by atoms with Gasteiger partial charge in [-0.05, 0) is 35.2 Å². The van der Waals surface area contributed by atoms with Crippen molar-refractivity contribution >= 4 is 38.9 Å². The zero-order valence-electron chi connectivity index (χ0n) is 7.34. The van der Waals surface area contributed by atoms with E-state index in [2.05, 4.69) is 39.5 Å². The van der Waals surface area contributed by atoms with Gasteiger partial charge in [0.2, 0.25) is 0 Å². The quantitative estimate of drug-likeness (QED) is 0.747. The van der Waals surface area contributed by atoms with Crippen molar-refractivity contribution in [2.24, 2.45) is 0 Å². The van der Waals surface area contributed by atoms with Gasteiger partial charge in [0.15, 0.2) is 0 Å². The molecule has 0 aliphatic heterocycles. The standard InChI is InChI=1S/C11H8BrClS/c12-9-3-4-11(13)8(6-9)7-10-2-1-5-14-10/h1-6H,7H2. The molecule has 0 spiro atoms. The van der Waals surface area contributed by atoms with E-state index in [4.69, 9.17) is 11.6 Å². The van der Waals surface area contributed by atoms with Gasteiger partial charge < -0.3 is 0 Å². The fraction of sp³-hybridized carbons (Fsp3) is 0.0909. The molecule has 1 heterocycles. The summed E-state index contributed by atoms with van der Waals surface area (Å²) in [7, 11) is 0. The van der Waals surface area contributed by atoms with E-state index in [1.807, 2.05) is 12.1 Å². The highest BCUT2D eigenvalue weighted by molar-refractivity contribution is 9.10. The first kappa shape index (κ1) is 10.2. The fourth-order valence-corrected chi connectivity index (χ4v) is 2.60. The van der Waals surface area contributed by atoms with Crippen molar-refractivity contribution in [1.29, 1.82) is 0 Å². The lowest BCUT2D eigenvalue weighted by atomic mass is 10.1. The van der Waals surface area contributed by atoms with Crippen LogP contribution in [0.2, 0.25) is 5.02 Å². The van der Waals surface area contributed by atoms with Crippen LogP contribution in [0.5, 0.6) is 0 Å². The molecule has 72 valence electrons. The molecule has 0 bridgehead atoms. The number of thiophene rings is 1. The molecule has 1 aromatic heterocycles. The van der Waals surface area contributed by atoms with Crippen molar-refractivity contribution in [3.05, 3.63) is 55.6 Å². The van der Waals surface area contributed by atoms with Gasteiger partial charge in [0.05, 0.1) is 0 Å². The topological polar surface area (TPSA) is 0 Å². The third kappa shape index (κ3) is 2.38. The summed E-state index contributed by atoms with van der Waals surface area (Å²) >= 11 is 11.3. The number of rotatable bonds is 2. The fourth-order valence-electron chi connectivity index (χ4n) is 1.28. The van der Waals surface area contributed by atoms with Crippen molar-refractivity contribution in [3.8, 4) is 0 Å². The van der Waals surface area contributed by atoms with E-state index in [0.29, 0.717) is 0 Å². The van der Waals surface area contributed by atoms with Crippen LogP contribution in [0.1, 0.15) is 10.4 Å². The molecule has 0 amide bonds. The summed E-state index contributed by atoms with van der Waals surface area (Å²) in [5.74, 6) is 0. The molecule has 1 aromatic carbocycles. The van der Waals surface area contributed by atoms with Crippen LogP contribution < -0.4 is 0 Å².